The highest BCUT2D eigenvalue weighted by Crippen LogP contribution is 2.26. The number of anilines is 3. The first-order valence-corrected chi connectivity index (χ1v) is 11.1. The van der Waals surface area contributed by atoms with Gasteiger partial charge in [-0.2, -0.15) is 9.97 Å². The van der Waals surface area contributed by atoms with Crippen molar-refractivity contribution < 1.29 is 9.53 Å². The number of nitrogens with one attached hydrogen (secondary N) is 2. The smallest absolute Gasteiger partial charge is 0.227 e. The Bertz CT molecular complexity index is 1290. The fourth-order valence-electron chi connectivity index (χ4n) is 3.70. The van der Waals surface area contributed by atoms with Gasteiger partial charge in [0.1, 0.15) is 0 Å². The molecule has 0 spiro atoms. The average molecular weight is 457 g/mol. The Morgan fingerprint density at radius 3 is 2.47 bits per heavy atom. The van der Waals surface area contributed by atoms with Gasteiger partial charge in [0.25, 0.3) is 0 Å². The summed E-state index contributed by atoms with van der Waals surface area (Å²) in [5.74, 6) is 1.52. The van der Waals surface area contributed by atoms with Crippen LogP contribution in [0.15, 0.2) is 54.6 Å². The van der Waals surface area contributed by atoms with E-state index in [9.17, 15) is 4.79 Å². The largest absolute Gasteiger partial charge is 0.378 e. The van der Waals surface area contributed by atoms with E-state index in [1.54, 1.807) is 12.1 Å². The lowest BCUT2D eigenvalue weighted by Crippen LogP contribution is -2.37. The van der Waals surface area contributed by atoms with Gasteiger partial charge in [0, 0.05) is 37.8 Å². The van der Waals surface area contributed by atoms with Crippen molar-refractivity contribution in [3.63, 3.8) is 0 Å². The lowest BCUT2D eigenvalue weighted by Gasteiger charge is -2.28. The summed E-state index contributed by atoms with van der Waals surface area (Å²) in [7, 11) is 0. The van der Waals surface area contributed by atoms with E-state index in [0.29, 0.717) is 67.3 Å². The number of nitrogens with zero attached hydrogens (tertiary/aromatic N) is 6. The van der Waals surface area contributed by atoms with Crippen molar-refractivity contribution in [1.82, 2.24) is 25.1 Å². The highest BCUT2D eigenvalue weighted by atomic mass is 16.5. The lowest BCUT2D eigenvalue weighted by molar-refractivity contribution is -0.114. The third-order valence-electron chi connectivity index (χ3n) is 5.37. The molecule has 0 atom stereocenters. The summed E-state index contributed by atoms with van der Waals surface area (Å²) in [6.45, 7) is 4.71. The molecular weight excluding hydrogens is 432 g/mol. The number of amides is 1. The highest BCUT2D eigenvalue weighted by Gasteiger charge is 2.20. The van der Waals surface area contributed by atoms with Crippen LogP contribution in [0.5, 0.6) is 0 Å². The molecule has 34 heavy (non-hydrogen) atoms. The van der Waals surface area contributed by atoms with Crippen molar-refractivity contribution in [2.45, 2.75) is 13.5 Å². The third kappa shape index (κ3) is 4.91. The van der Waals surface area contributed by atoms with Crippen LogP contribution in [-0.2, 0) is 16.1 Å². The van der Waals surface area contributed by atoms with Crippen LogP contribution >= 0.6 is 0 Å². The second kappa shape index (κ2) is 9.75. The third-order valence-corrected chi connectivity index (χ3v) is 5.37. The number of rotatable bonds is 6. The predicted octanol–water partition coefficient (Wildman–Crippen LogP) is 2.89. The molecular formula is C24H24N8O2. The number of morpholine rings is 1. The van der Waals surface area contributed by atoms with Crippen LogP contribution in [0.4, 0.5) is 17.5 Å². The van der Waals surface area contributed by atoms with Crippen LogP contribution in [-0.4, -0.2) is 57.4 Å². The fraction of sp³-hybridized carbons (Fsp3) is 0.250. The molecule has 1 amide bonds. The molecule has 4 aromatic rings. The molecule has 2 N–H and O–H groups in total. The molecule has 1 aliphatic heterocycles. The van der Waals surface area contributed by atoms with Gasteiger partial charge in [0.05, 0.1) is 13.2 Å². The van der Waals surface area contributed by atoms with Crippen molar-refractivity contribution in [2.24, 2.45) is 0 Å². The van der Waals surface area contributed by atoms with E-state index in [2.05, 4.69) is 30.7 Å². The van der Waals surface area contributed by atoms with Gasteiger partial charge >= 0.3 is 0 Å². The Labute approximate surface area is 196 Å². The van der Waals surface area contributed by atoms with Gasteiger partial charge in [-0.15, -0.1) is 10.2 Å². The van der Waals surface area contributed by atoms with Crippen LogP contribution in [0.3, 0.4) is 0 Å². The lowest BCUT2D eigenvalue weighted by atomic mass is 10.2. The van der Waals surface area contributed by atoms with Gasteiger partial charge in [-0.3, -0.25) is 4.79 Å². The second-order valence-electron chi connectivity index (χ2n) is 7.88. The van der Waals surface area contributed by atoms with Crippen LogP contribution in [0.1, 0.15) is 12.5 Å². The van der Waals surface area contributed by atoms with Gasteiger partial charge in [0.2, 0.25) is 17.5 Å². The predicted molar refractivity (Wildman–Crippen MR) is 129 cm³/mol. The van der Waals surface area contributed by atoms with Gasteiger partial charge in [-0.25, -0.2) is 4.98 Å². The highest BCUT2D eigenvalue weighted by molar-refractivity contribution is 5.89. The maximum Gasteiger partial charge on any atom is 0.227 e. The molecule has 10 heteroatoms. The van der Waals surface area contributed by atoms with E-state index < -0.39 is 0 Å². The van der Waals surface area contributed by atoms with Crippen LogP contribution in [0.2, 0.25) is 0 Å². The van der Waals surface area contributed by atoms with Gasteiger partial charge in [0.15, 0.2) is 17.2 Å². The Morgan fingerprint density at radius 2 is 1.74 bits per heavy atom. The van der Waals surface area contributed by atoms with E-state index in [1.165, 1.54) is 6.92 Å². The molecule has 0 aliphatic carbocycles. The number of hydrogen-bond donors (Lipinski definition) is 2. The molecule has 0 unspecified atom stereocenters. The topological polar surface area (TPSA) is 118 Å². The molecule has 3 heterocycles. The molecule has 1 saturated heterocycles. The first-order chi connectivity index (χ1) is 16.7. The van der Waals surface area contributed by atoms with Crippen molar-refractivity contribution >= 4 is 34.5 Å². The molecule has 2 aromatic heterocycles. The van der Waals surface area contributed by atoms with Crippen molar-refractivity contribution in [3.05, 3.63) is 60.2 Å². The van der Waals surface area contributed by atoms with Crippen molar-refractivity contribution in [3.8, 4) is 11.4 Å². The Hall–Kier alpha value is -4.18. The monoisotopic (exact) mass is 456 g/mol. The van der Waals surface area contributed by atoms with E-state index in [4.69, 9.17) is 14.7 Å². The summed E-state index contributed by atoms with van der Waals surface area (Å²) in [4.78, 5) is 27.5. The molecule has 172 valence electrons. The minimum Gasteiger partial charge on any atom is -0.378 e. The van der Waals surface area contributed by atoms with Gasteiger partial charge in [-0.1, -0.05) is 30.3 Å². The molecule has 5 rings (SSSR count). The van der Waals surface area contributed by atoms with E-state index in [0.717, 1.165) is 11.1 Å². The molecule has 1 fully saturated rings. The molecule has 2 aromatic carbocycles. The minimum absolute atomic E-state index is 0.125. The standard InChI is InChI=1S/C24H24N8O2/c1-16(33)26-19-9-7-18(8-10-19)21-27-20-22(31-30-21)28-24(25-15-17-5-3-2-4-6-17)29-23(20)32-11-13-34-14-12-32/h2-10H,11-15H2,1H3,(H,26,33)(H,25,28,29,31). The maximum atomic E-state index is 11.3. The fourth-order valence-corrected chi connectivity index (χ4v) is 3.70. The SMILES string of the molecule is CC(=O)Nc1ccc(-c2nnc3nc(NCc4ccccc4)nc(N4CCOCC4)c3n2)cc1. The van der Waals surface area contributed by atoms with Crippen molar-refractivity contribution in [2.75, 3.05) is 41.8 Å². The summed E-state index contributed by atoms with van der Waals surface area (Å²) >= 11 is 0. The van der Waals surface area contributed by atoms with Crippen LogP contribution in [0, 0.1) is 0 Å². The van der Waals surface area contributed by atoms with E-state index >= 15 is 0 Å². The quantitative estimate of drug-likeness (QED) is 0.451. The second-order valence-corrected chi connectivity index (χ2v) is 7.88. The summed E-state index contributed by atoms with van der Waals surface area (Å²) in [5, 5.41) is 14.7. The van der Waals surface area contributed by atoms with Crippen LogP contribution in [0.25, 0.3) is 22.6 Å². The zero-order chi connectivity index (χ0) is 23.3. The molecule has 0 bridgehead atoms. The van der Waals surface area contributed by atoms with E-state index in [1.807, 2.05) is 42.5 Å². The number of fused-ring (bicyclic) bond motifs is 1. The normalized spacial score (nSPS) is 13.6. The first-order valence-electron chi connectivity index (χ1n) is 11.1. The minimum atomic E-state index is -0.125. The summed E-state index contributed by atoms with van der Waals surface area (Å²) < 4.78 is 5.52. The number of ether oxygens (including phenoxy) is 1. The number of benzene rings is 2. The Morgan fingerprint density at radius 1 is 0.971 bits per heavy atom. The number of carbonyl (C=O) groups excluding carboxylic acids is 1. The molecule has 0 saturated carbocycles. The first kappa shape index (κ1) is 21.7. The molecule has 0 radical (unpaired) electrons. The van der Waals surface area contributed by atoms with E-state index in [-0.39, 0.29) is 5.91 Å². The zero-order valence-corrected chi connectivity index (χ0v) is 18.7. The van der Waals surface area contributed by atoms with Crippen LogP contribution < -0.4 is 15.5 Å². The van der Waals surface area contributed by atoms with Gasteiger partial charge < -0.3 is 20.3 Å². The molecule has 10 nitrogen and oxygen atoms in total. The summed E-state index contributed by atoms with van der Waals surface area (Å²) in [5.41, 5.74) is 3.62. The summed E-state index contributed by atoms with van der Waals surface area (Å²) in [6, 6.07) is 17.4. The Kier molecular flexibility index (Phi) is 6.21. The number of carbonyl (C=O) groups is 1. The number of hydrogen-bond acceptors (Lipinski definition) is 9. The van der Waals surface area contributed by atoms with Crippen molar-refractivity contribution in [1.29, 1.82) is 0 Å². The average Bonchev–Trinajstić information content (AvgIpc) is 2.88. The number of aromatic nitrogens is 5. The summed E-state index contributed by atoms with van der Waals surface area (Å²) in [6.07, 6.45) is 0. The maximum absolute atomic E-state index is 11.3. The molecule has 1 aliphatic rings. The Balaban J connectivity index is 1.49. The van der Waals surface area contributed by atoms with Gasteiger partial charge in [-0.05, 0) is 29.8 Å². The zero-order valence-electron chi connectivity index (χ0n) is 18.7.